The van der Waals surface area contributed by atoms with Crippen LogP contribution in [0.5, 0.6) is 0 Å². The van der Waals surface area contributed by atoms with Gasteiger partial charge in [0.05, 0.1) is 6.10 Å². The van der Waals surface area contributed by atoms with E-state index >= 15 is 0 Å². The summed E-state index contributed by atoms with van der Waals surface area (Å²) >= 11 is 0. The molecular weight excluding hydrogens is 222 g/mol. The third kappa shape index (κ3) is 2.02. The molecule has 5 fully saturated rings. The maximum atomic E-state index is 9.62. The Kier molecular flexibility index (Phi) is 2.74. The molecule has 1 heterocycles. The molecule has 2 heteroatoms. The molecule has 1 saturated heterocycles. The quantitative estimate of drug-likeness (QED) is 0.831. The Morgan fingerprint density at radius 2 is 1.61 bits per heavy atom. The van der Waals surface area contributed by atoms with Crippen molar-refractivity contribution >= 4 is 0 Å². The van der Waals surface area contributed by atoms with Gasteiger partial charge in [0.1, 0.15) is 0 Å². The molecule has 2 nitrogen and oxygen atoms in total. The minimum Gasteiger partial charge on any atom is -0.392 e. The first kappa shape index (κ1) is 11.7. The van der Waals surface area contributed by atoms with Crippen molar-refractivity contribution in [1.82, 2.24) is 4.90 Å². The average molecular weight is 249 g/mol. The lowest BCUT2D eigenvalue weighted by Gasteiger charge is -2.57. The number of likely N-dealkylation sites (tertiary alicyclic amines) is 1. The number of aliphatic hydroxyl groups excluding tert-OH is 1. The lowest BCUT2D eigenvalue weighted by atomic mass is 9.49. The van der Waals surface area contributed by atoms with Gasteiger partial charge in [-0.2, -0.15) is 0 Å². The van der Waals surface area contributed by atoms with Gasteiger partial charge in [0.25, 0.3) is 0 Å². The molecule has 4 saturated carbocycles. The van der Waals surface area contributed by atoms with Crippen molar-refractivity contribution in [3.05, 3.63) is 0 Å². The van der Waals surface area contributed by atoms with E-state index in [-0.39, 0.29) is 6.10 Å². The second kappa shape index (κ2) is 4.21. The zero-order chi connectivity index (χ0) is 12.2. The molecule has 1 atom stereocenters. The van der Waals surface area contributed by atoms with Crippen LogP contribution in [-0.4, -0.2) is 35.7 Å². The van der Waals surface area contributed by atoms with Crippen LogP contribution in [0.4, 0.5) is 0 Å². The Morgan fingerprint density at radius 3 is 2.11 bits per heavy atom. The van der Waals surface area contributed by atoms with Crippen LogP contribution >= 0.6 is 0 Å². The first-order valence-electron chi connectivity index (χ1n) is 8.11. The van der Waals surface area contributed by atoms with Crippen molar-refractivity contribution in [1.29, 1.82) is 0 Å². The summed E-state index contributed by atoms with van der Waals surface area (Å²) in [5, 5.41) is 9.62. The largest absolute Gasteiger partial charge is 0.392 e. The standard InChI is InChI=1S/C16H27NO/c18-15-1-3-17(11-15)4-2-16-8-12-5-13(9-16)7-14(6-12)10-16/h12-15,18H,1-11H2/t12?,13?,14?,15-,16?/m1/s1. The smallest absolute Gasteiger partial charge is 0.0679 e. The molecule has 0 aromatic carbocycles. The summed E-state index contributed by atoms with van der Waals surface area (Å²) in [6.07, 6.45) is 11.7. The Balaban J connectivity index is 1.39. The lowest BCUT2D eigenvalue weighted by Crippen LogP contribution is -2.47. The van der Waals surface area contributed by atoms with E-state index in [0.29, 0.717) is 0 Å². The summed E-state index contributed by atoms with van der Waals surface area (Å²) in [7, 11) is 0. The van der Waals surface area contributed by atoms with Crippen LogP contribution in [0.1, 0.15) is 51.4 Å². The first-order chi connectivity index (χ1) is 8.71. The number of rotatable bonds is 3. The molecule has 102 valence electrons. The minimum absolute atomic E-state index is 0.0404. The number of hydrogen-bond acceptors (Lipinski definition) is 2. The third-order valence-corrected chi connectivity index (χ3v) is 6.37. The molecule has 1 aliphatic heterocycles. The maximum Gasteiger partial charge on any atom is 0.0679 e. The maximum absolute atomic E-state index is 9.62. The molecule has 0 amide bonds. The van der Waals surface area contributed by atoms with Gasteiger partial charge < -0.3 is 10.0 Å². The SMILES string of the molecule is O[C@@H]1CCN(CCC23CC4CC(CC(C4)C2)C3)C1. The van der Waals surface area contributed by atoms with Crippen LogP contribution in [0.15, 0.2) is 0 Å². The molecule has 0 aromatic heterocycles. The molecule has 5 aliphatic rings. The first-order valence-corrected chi connectivity index (χ1v) is 8.11. The molecular formula is C16H27NO. The van der Waals surface area contributed by atoms with Crippen molar-refractivity contribution in [2.75, 3.05) is 19.6 Å². The van der Waals surface area contributed by atoms with E-state index in [1.54, 1.807) is 19.3 Å². The van der Waals surface area contributed by atoms with Gasteiger partial charge in [-0.3, -0.25) is 0 Å². The van der Waals surface area contributed by atoms with Crippen LogP contribution in [-0.2, 0) is 0 Å². The normalized spacial score (nSPS) is 51.2. The van der Waals surface area contributed by atoms with Gasteiger partial charge in [-0.15, -0.1) is 0 Å². The Morgan fingerprint density at radius 1 is 1.00 bits per heavy atom. The summed E-state index contributed by atoms with van der Waals surface area (Å²) in [4.78, 5) is 2.50. The van der Waals surface area contributed by atoms with E-state index in [1.807, 2.05) is 0 Å². The highest BCUT2D eigenvalue weighted by Gasteiger charge is 2.50. The predicted octanol–water partition coefficient (Wildman–Crippen LogP) is 2.66. The fourth-order valence-electron chi connectivity index (χ4n) is 6.01. The molecule has 5 rings (SSSR count). The Bertz CT molecular complexity index is 292. The summed E-state index contributed by atoms with van der Waals surface area (Å²) in [6.45, 7) is 3.32. The van der Waals surface area contributed by atoms with E-state index in [9.17, 15) is 5.11 Å². The molecule has 0 radical (unpaired) electrons. The molecule has 0 spiro atoms. The van der Waals surface area contributed by atoms with E-state index in [2.05, 4.69) is 4.90 Å². The van der Waals surface area contributed by atoms with Gasteiger partial charge in [-0.05, 0) is 81.1 Å². The molecule has 0 unspecified atom stereocenters. The topological polar surface area (TPSA) is 23.5 Å². The number of β-amino-alcohol motifs (C(OH)–C–C–N with tert-alkyl or cyclic N) is 1. The van der Waals surface area contributed by atoms with Crippen LogP contribution in [0.25, 0.3) is 0 Å². The average Bonchev–Trinajstić information content (AvgIpc) is 2.71. The van der Waals surface area contributed by atoms with E-state index in [1.165, 1.54) is 32.2 Å². The van der Waals surface area contributed by atoms with E-state index in [0.717, 1.165) is 42.7 Å². The second-order valence-corrected chi connectivity index (χ2v) is 7.91. The highest BCUT2D eigenvalue weighted by molar-refractivity contribution is 5.01. The minimum atomic E-state index is -0.0404. The van der Waals surface area contributed by atoms with Crippen LogP contribution < -0.4 is 0 Å². The lowest BCUT2D eigenvalue weighted by molar-refractivity contribution is -0.0605. The monoisotopic (exact) mass is 249 g/mol. The van der Waals surface area contributed by atoms with Crippen LogP contribution in [0.3, 0.4) is 0 Å². The van der Waals surface area contributed by atoms with Crippen molar-refractivity contribution in [2.45, 2.75) is 57.5 Å². The summed E-state index contributed by atoms with van der Waals surface area (Å²) in [5.74, 6) is 3.25. The van der Waals surface area contributed by atoms with Gasteiger partial charge in [0, 0.05) is 13.1 Å². The van der Waals surface area contributed by atoms with Crippen molar-refractivity contribution in [3.8, 4) is 0 Å². The van der Waals surface area contributed by atoms with Crippen molar-refractivity contribution in [3.63, 3.8) is 0 Å². The van der Waals surface area contributed by atoms with Crippen LogP contribution in [0, 0.1) is 23.2 Å². The molecule has 18 heavy (non-hydrogen) atoms. The molecule has 0 aromatic rings. The number of aliphatic hydroxyl groups is 1. The number of nitrogens with zero attached hydrogens (tertiary/aromatic N) is 1. The highest BCUT2D eigenvalue weighted by Crippen LogP contribution is 2.61. The molecule has 4 aliphatic carbocycles. The second-order valence-electron chi connectivity index (χ2n) is 7.91. The van der Waals surface area contributed by atoms with E-state index in [4.69, 9.17) is 0 Å². The Hall–Kier alpha value is -0.0800. The van der Waals surface area contributed by atoms with Gasteiger partial charge in [-0.25, -0.2) is 0 Å². The van der Waals surface area contributed by atoms with Crippen molar-refractivity contribution in [2.24, 2.45) is 23.2 Å². The van der Waals surface area contributed by atoms with Crippen LogP contribution in [0.2, 0.25) is 0 Å². The predicted molar refractivity (Wildman–Crippen MR) is 72.3 cm³/mol. The molecule has 1 N–H and O–H groups in total. The van der Waals surface area contributed by atoms with Crippen molar-refractivity contribution < 1.29 is 5.11 Å². The van der Waals surface area contributed by atoms with Gasteiger partial charge in [-0.1, -0.05) is 0 Å². The third-order valence-electron chi connectivity index (χ3n) is 6.37. The van der Waals surface area contributed by atoms with E-state index < -0.39 is 0 Å². The zero-order valence-corrected chi connectivity index (χ0v) is 11.5. The van der Waals surface area contributed by atoms with Gasteiger partial charge >= 0.3 is 0 Å². The number of hydrogen-bond donors (Lipinski definition) is 1. The van der Waals surface area contributed by atoms with Gasteiger partial charge in [0.15, 0.2) is 0 Å². The molecule has 4 bridgehead atoms. The van der Waals surface area contributed by atoms with Gasteiger partial charge in [0.2, 0.25) is 0 Å². The summed E-state index contributed by atoms with van der Waals surface area (Å²) < 4.78 is 0. The summed E-state index contributed by atoms with van der Waals surface area (Å²) in [6, 6.07) is 0. The zero-order valence-electron chi connectivity index (χ0n) is 11.5. The summed E-state index contributed by atoms with van der Waals surface area (Å²) in [5.41, 5.74) is 0.724. The highest BCUT2D eigenvalue weighted by atomic mass is 16.3. The Labute approximate surface area is 111 Å². The fourth-order valence-corrected chi connectivity index (χ4v) is 6.01. The fraction of sp³-hybridized carbons (Fsp3) is 1.00.